The lowest BCUT2D eigenvalue weighted by molar-refractivity contribution is 0.0404. The highest BCUT2D eigenvalue weighted by Gasteiger charge is 2.34. The number of alkyl halides is 2. The van der Waals surface area contributed by atoms with Crippen LogP contribution in [0.25, 0.3) is 0 Å². The zero-order valence-corrected chi connectivity index (χ0v) is 7.59. The largest absolute Gasteiger partial charge is 0.396 e. The third kappa shape index (κ3) is 2.22. The van der Waals surface area contributed by atoms with E-state index in [1.807, 2.05) is 0 Å². The second-order valence-electron chi connectivity index (χ2n) is 3.02. The molecule has 0 aromatic rings. The summed E-state index contributed by atoms with van der Waals surface area (Å²) in [6, 6.07) is 0. The van der Waals surface area contributed by atoms with Gasteiger partial charge in [0.15, 0.2) is 0 Å². The first-order valence-corrected chi connectivity index (χ1v) is 4.59. The van der Waals surface area contributed by atoms with Crippen LogP contribution in [0.15, 0.2) is 0 Å². The summed E-state index contributed by atoms with van der Waals surface area (Å²) < 4.78 is 0. The molecule has 4 atom stereocenters. The van der Waals surface area contributed by atoms with Crippen molar-refractivity contribution in [2.45, 2.75) is 29.7 Å². The van der Waals surface area contributed by atoms with Crippen molar-refractivity contribution in [3.05, 3.63) is 0 Å². The Balaban J connectivity index is 2.51. The van der Waals surface area contributed by atoms with Gasteiger partial charge in [0.2, 0.25) is 0 Å². The Labute approximate surface area is 76.1 Å². The van der Waals surface area contributed by atoms with Crippen LogP contribution < -0.4 is 0 Å². The molecule has 0 bridgehead atoms. The molecule has 0 radical (unpaired) electrons. The molecular weight excluding hydrogens is 187 g/mol. The Hall–Kier alpha value is 0.500. The second kappa shape index (κ2) is 3.94. The van der Waals surface area contributed by atoms with Crippen LogP contribution in [0.3, 0.4) is 0 Å². The van der Waals surface area contributed by atoms with E-state index in [0.29, 0.717) is 12.8 Å². The number of rotatable bonds is 1. The summed E-state index contributed by atoms with van der Waals surface area (Å²) in [7, 11) is 0. The minimum Gasteiger partial charge on any atom is -0.396 e. The van der Waals surface area contributed by atoms with Crippen LogP contribution in [-0.2, 0) is 0 Å². The Bertz CT molecular complexity index is 132. The number of hydrogen-bond donors (Lipinski definition) is 2. The van der Waals surface area contributed by atoms with Gasteiger partial charge in [-0.3, -0.25) is 0 Å². The van der Waals surface area contributed by atoms with Crippen molar-refractivity contribution in [1.82, 2.24) is 0 Å². The Morgan fingerprint density at radius 2 is 1.91 bits per heavy atom. The van der Waals surface area contributed by atoms with E-state index < -0.39 is 6.10 Å². The molecule has 2 N–H and O–H groups in total. The van der Waals surface area contributed by atoms with Gasteiger partial charge < -0.3 is 10.2 Å². The fourth-order valence-corrected chi connectivity index (χ4v) is 2.36. The number of aliphatic hydroxyl groups excluding tert-OH is 2. The number of hydrogen-bond acceptors (Lipinski definition) is 2. The van der Waals surface area contributed by atoms with E-state index in [1.54, 1.807) is 0 Å². The SMILES string of the molecule is OC[C@@H]1C[C@H](Cl)C[C@@H](Cl)[C@H]1O. The van der Waals surface area contributed by atoms with E-state index in [1.165, 1.54) is 0 Å². The summed E-state index contributed by atoms with van der Waals surface area (Å²) in [5, 5.41) is 17.9. The lowest BCUT2D eigenvalue weighted by atomic mass is 9.86. The Morgan fingerprint density at radius 1 is 1.27 bits per heavy atom. The van der Waals surface area contributed by atoms with Gasteiger partial charge in [0.25, 0.3) is 0 Å². The van der Waals surface area contributed by atoms with Gasteiger partial charge in [0, 0.05) is 17.9 Å². The summed E-state index contributed by atoms with van der Waals surface area (Å²) >= 11 is 11.6. The highest BCUT2D eigenvalue weighted by Crippen LogP contribution is 2.31. The first-order valence-electron chi connectivity index (χ1n) is 3.72. The van der Waals surface area contributed by atoms with Crippen LogP contribution in [-0.4, -0.2) is 33.7 Å². The van der Waals surface area contributed by atoms with Crippen LogP contribution in [0, 0.1) is 5.92 Å². The van der Waals surface area contributed by atoms with Gasteiger partial charge in [0.05, 0.1) is 11.5 Å². The molecule has 0 spiro atoms. The van der Waals surface area contributed by atoms with Gasteiger partial charge in [-0.1, -0.05) is 0 Å². The first-order chi connectivity index (χ1) is 5.15. The highest BCUT2D eigenvalue weighted by atomic mass is 35.5. The van der Waals surface area contributed by atoms with Gasteiger partial charge in [-0.25, -0.2) is 0 Å². The minimum atomic E-state index is -0.600. The lowest BCUT2D eigenvalue weighted by Gasteiger charge is -2.32. The van der Waals surface area contributed by atoms with Crippen molar-refractivity contribution in [3.63, 3.8) is 0 Å². The Morgan fingerprint density at radius 3 is 2.45 bits per heavy atom. The summed E-state index contributed by atoms with van der Waals surface area (Å²) in [6.07, 6.45) is 0.681. The van der Waals surface area contributed by atoms with E-state index in [0.717, 1.165) is 0 Å². The van der Waals surface area contributed by atoms with Gasteiger partial charge in [-0.2, -0.15) is 0 Å². The normalized spacial score (nSPS) is 45.8. The fourth-order valence-electron chi connectivity index (χ4n) is 1.43. The van der Waals surface area contributed by atoms with Gasteiger partial charge in [0.1, 0.15) is 0 Å². The molecule has 1 fully saturated rings. The molecule has 0 amide bonds. The smallest absolute Gasteiger partial charge is 0.0754 e. The van der Waals surface area contributed by atoms with Crippen LogP contribution in [0.4, 0.5) is 0 Å². The maximum atomic E-state index is 9.40. The van der Waals surface area contributed by atoms with Crippen molar-refractivity contribution in [1.29, 1.82) is 0 Å². The lowest BCUT2D eigenvalue weighted by Crippen LogP contribution is -2.40. The zero-order valence-electron chi connectivity index (χ0n) is 6.08. The summed E-state index contributed by atoms with van der Waals surface area (Å²) in [4.78, 5) is 0. The average Bonchev–Trinajstić information content (AvgIpc) is 1.96. The molecule has 1 aliphatic rings. The second-order valence-corrected chi connectivity index (χ2v) is 4.20. The van der Waals surface area contributed by atoms with Crippen molar-refractivity contribution < 1.29 is 10.2 Å². The van der Waals surface area contributed by atoms with Crippen LogP contribution in [0.1, 0.15) is 12.8 Å². The quantitative estimate of drug-likeness (QED) is 0.617. The molecular formula is C7H12Cl2O2. The van der Waals surface area contributed by atoms with Crippen molar-refractivity contribution >= 4 is 23.2 Å². The molecule has 1 aliphatic carbocycles. The average molecular weight is 199 g/mol. The summed E-state index contributed by atoms with van der Waals surface area (Å²) in [6.45, 7) is -0.0341. The van der Waals surface area contributed by atoms with E-state index in [9.17, 15) is 5.11 Å². The maximum absolute atomic E-state index is 9.40. The predicted molar refractivity (Wildman–Crippen MR) is 45.1 cm³/mol. The first kappa shape index (κ1) is 9.59. The van der Waals surface area contributed by atoms with E-state index in [-0.39, 0.29) is 23.3 Å². The Kier molecular flexibility index (Phi) is 3.44. The summed E-state index contributed by atoms with van der Waals surface area (Å²) in [5.41, 5.74) is 0. The number of halogens is 2. The van der Waals surface area contributed by atoms with E-state index in [2.05, 4.69) is 0 Å². The van der Waals surface area contributed by atoms with Crippen molar-refractivity contribution in [2.75, 3.05) is 6.61 Å². The third-order valence-corrected chi connectivity index (χ3v) is 2.92. The van der Waals surface area contributed by atoms with Gasteiger partial charge in [-0.05, 0) is 12.8 Å². The van der Waals surface area contributed by atoms with Crippen molar-refractivity contribution in [3.8, 4) is 0 Å². The predicted octanol–water partition coefficient (Wildman–Crippen LogP) is 0.964. The standard InChI is InChI=1S/C7H12Cl2O2/c8-5-1-4(3-10)7(11)6(9)2-5/h4-7,10-11H,1-3H2/t4-,5-,6+,7-/m0/s1. The van der Waals surface area contributed by atoms with Crippen LogP contribution >= 0.6 is 23.2 Å². The topological polar surface area (TPSA) is 40.5 Å². The van der Waals surface area contributed by atoms with Crippen LogP contribution in [0.2, 0.25) is 0 Å². The minimum absolute atomic E-state index is 0.00181. The molecule has 66 valence electrons. The van der Waals surface area contributed by atoms with Crippen molar-refractivity contribution in [2.24, 2.45) is 5.92 Å². The number of aliphatic hydroxyl groups is 2. The molecule has 2 nitrogen and oxygen atoms in total. The molecule has 11 heavy (non-hydrogen) atoms. The summed E-state index contributed by atoms with van der Waals surface area (Å²) in [5.74, 6) is -0.145. The molecule has 1 saturated carbocycles. The van der Waals surface area contributed by atoms with Crippen LogP contribution in [0.5, 0.6) is 0 Å². The highest BCUT2D eigenvalue weighted by molar-refractivity contribution is 6.24. The molecule has 0 aliphatic heterocycles. The molecule has 4 heteroatoms. The molecule has 0 aromatic heterocycles. The third-order valence-electron chi connectivity index (χ3n) is 2.13. The fraction of sp³-hybridized carbons (Fsp3) is 1.00. The zero-order chi connectivity index (χ0) is 8.43. The maximum Gasteiger partial charge on any atom is 0.0754 e. The molecule has 0 aromatic carbocycles. The molecule has 0 heterocycles. The van der Waals surface area contributed by atoms with E-state index in [4.69, 9.17) is 28.3 Å². The van der Waals surface area contributed by atoms with Gasteiger partial charge in [-0.15, -0.1) is 23.2 Å². The monoisotopic (exact) mass is 198 g/mol. The molecule has 1 rings (SSSR count). The van der Waals surface area contributed by atoms with E-state index >= 15 is 0 Å². The van der Waals surface area contributed by atoms with Gasteiger partial charge >= 0.3 is 0 Å². The molecule has 0 unspecified atom stereocenters. The molecule has 0 saturated heterocycles.